The number of hydrogen-bond donors (Lipinski definition) is 2. The molecule has 4 rings (SSSR count). The Morgan fingerprint density at radius 3 is 1.08 bits per heavy atom. The summed E-state index contributed by atoms with van der Waals surface area (Å²) in [6.07, 6.45) is 0. The van der Waals surface area contributed by atoms with Crippen LogP contribution in [0.2, 0.25) is 0 Å². The average Bonchev–Trinajstić information content (AvgIpc) is 2.89. The molecular weight excluding hydrogens is 758 g/mol. The van der Waals surface area contributed by atoms with Crippen molar-refractivity contribution in [2.45, 2.75) is 23.6 Å². The quantitative estimate of drug-likeness (QED) is 0.205. The first-order valence-corrected chi connectivity index (χ1v) is 19.6. The Balaban J connectivity index is 1.42. The maximum atomic E-state index is 12.5. The molecule has 0 radical (unpaired) electrons. The molecule has 12 heteroatoms. The van der Waals surface area contributed by atoms with Crippen LogP contribution in [-0.4, -0.2) is 23.7 Å². The summed E-state index contributed by atoms with van der Waals surface area (Å²) in [5.74, 6) is 0. The van der Waals surface area contributed by atoms with Crippen LogP contribution in [0.25, 0.3) is 11.1 Å². The second-order valence-corrected chi connectivity index (χ2v) is 18.4. The van der Waals surface area contributed by atoms with E-state index in [2.05, 4.69) is 0 Å². The molecule has 0 unspecified atom stereocenters. The predicted octanol–water partition coefficient (Wildman–Crippen LogP) is 5.78. The molecule has 0 aliphatic rings. The topological polar surface area (TPSA) is 127 Å². The Morgan fingerprint density at radius 2 is 0.789 bits per heavy atom. The van der Waals surface area contributed by atoms with Crippen molar-refractivity contribution in [2.75, 3.05) is 0 Å². The van der Waals surface area contributed by atoms with Crippen LogP contribution in [0.3, 0.4) is 0 Å². The summed E-state index contributed by atoms with van der Waals surface area (Å²) in [5, 5.41) is 0. The summed E-state index contributed by atoms with van der Waals surface area (Å²) >= 11 is -6.88. The first kappa shape index (κ1) is 29.1. The van der Waals surface area contributed by atoms with Gasteiger partial charge in [-0.3, -0.25) is 0 Å². The molecule has 0 saturated carbocycles. The van der Waals surface area contributed by atoms with Crippen molar-refractivity contribution < 1.29 is 28.7 Å². The summed E-state index contributed by atoms with van der Waals surface area (Å²) in [6, 6.07) is 25.7. The molecule has 4 aromatic carbocycles. The molecule has 0 aromatic heterocycles. The van der Waals surface area contributed by atoms with Gasteiger partial charge in [-0.1, -0.05) is 0 Å². The van der Waals surface area contributed by atoms with Crippen molar-refractivity contribution in [1.29, 1.82) is 0 Å². The third-order valence-electron chi connectivity index (χ3n) is 5.30. The van der Waals surface area contributed by atoms with Crippen LogP contribution in [0.1, 0.15) is 11.1 Å². The van der Waals surface area contributed by atoms with Crippen LogP contribution in [0, 0.1) is 21.0 Å². The van der Waals surface area contributed by atoms with E-state index in [4.69, 9.17) is 5.03 Å². The van der Waals surface area contributed by atoms with Crippen LogP contribution >= 0.6 is 41.3 Å². The fourth-order valence-electron chi connectivity index (χ4n) is 3.21. The van der Waals surface area contributed by atoms with Gasteiger partial charge in [-0.15, -0.1) is 0 Å². The molecule has 0 bridgehead atoms. The zero-order valence-electron chi connectivity index (χ0n) is 20.2. The van der Waals surface area contributed by atoms with Crippen molar-refractivity contribution in [3.63, 3.8) is 0 Å². The van der Waals surface area contributed by atoms with Crippen molar-refractivity contribution in [1.82, 2.24) is 0 Å². The van der Waals surface area contributed by atoms with Gasteiger partial charge in [0.1, 0.15) is 0 Å². The monoisotopic (exact) mass is 782 g/mol. The van der Waals surface area contributed by atoms with Crippen LogP contribution in [-0.2, 0) is 25.3 Å². The second kappa shape index (κ2) is 12.1. The molecule has 38 heavy (non-hydrogen) atoms. The normalized spacial score (nSPS) is 12.7. The minimum atomic E-state index is -4.09. The van der Waals surface area contributed by atoms with Gasteiger partial charge < -0.3 is 0 Å². The molecule has 0 heterocycles. The molecule has 8 nitrogen and oxygen atoms in total. The zero-order valence-corrected chi connectivity index (χ0v) is 26.1. The van der Waals surface area contributed by atoms with E-state index in [1.807, 2.05) is 13.8 Å². The summed E-state index contributed by atoms with van der Waals surface area (Å²) in [5.41, 5.74) is 3.36. The van der Waals surface area contributed by atoms with Gasteiger partial charge in [-0.2, -0.15) is 0 Å². The van der Waals surface area contributed by atoms with Gasteiger partial charge in [-0.05, 0) is 0 Å². The van der Waals surface area contributed by atoms with Gasteiger partial charge in [0.15, 0.2) is 0 Å². The van der Waals surface area contributed by atoms with E-state index in [1.165, 1.54) is 24.3 Å². The van der Waals surface area contributed by atoms with Crippen molar-refractivity contribution in [3.8, 4) is 11.1 Å². The third kappa shape index (κ3) is 7.18. The van der Waals surface area contributed by atoms with Gasteiger partial charge in [0, 0.05) is 0 Å². The number of benzene rings is 4. The van der Waals surface area contributed by atoms with Crippen LogP contribution in [0.5, 0.6) is 0 Å². The van der Waals surface area contributed by atoms with E-state index in [0.29, 0.717) is 7.14 Å². The van der Waals surface area contributed by atoms with Crippen molar-refractivity contribution in [2.24, 2.45) is 0 Å². The number of halogens is 2. The van der Waals surface area contributed by atoms with Crippen molar-refractivity contribution >= 4 is 61.5 Å². The number of rotatable bonds is 9. The molecule has 0 saturated heterocycles. The Kier molecular flexibility index (Phi) is 9.24. The molecular formula is C26H24I2O8S2. The zero-order chi connectivity index (χ0) is 27.5. The van der Waals surface area contributed by atoms with Gasteiger partial charge in [0.25, 0.3) is 0 Å². The fraction of sp³-hybridized carbons (Fsp3) is 0.0769. The van der Waals surface area contributed by atoms with E-state index in [1.54, 1.807) is 72.8 Å². The van der Waals surface area contributed by atoms with E-state index in [-0.39, 0.29) is 9.79 Å². The number of aryl methyl sites for hydroxylation is 2. The summed E-state index contributed by atoms with van der Waals surface area (Å²) < 4.78 is 81.9. The van der Waals surface area contributed by atoms with Gasteiger partial charge in [-0.25, -0.2) is 0 Å². The first-order chi connectivity index (χ1) is 17.9. The van der Waals surface area contributed by atoms with E-state index >= 15 is 0 Å². The Labute approximate surface area is 238 Å². The molecule has 0 spiro atoms. The molecule has 4 aromatic rings. The Bertz CT molecular complexity index is 1480. The van der Waals surface area contributed by atoms with Gasteiger partial charge in [0.2, 0.25) is 0 Å². The standard InChI is InChI=1S/C26H24I2O8S2/c1-19-3-15-25(16-4-19)37(31,32)35-27(29)23-11-7-21(8-12-23)22-9-13-24(14-10-22)28(30)36-38(33,34)26-17-5-20(2)6-18-26/h3-18,29-30H,1-2H3. The van der Waals surface area contributed by atoms with E-state index < -0.39 is 61.5 Å². The number of hydrogen-bond acceptors (Lipinski definition) is 8. The molecule has 0 aliphatic carbocycles. The molecule has 0 amide bonds. The SMILES string of the molecule is Cc1ccc(S(=O)(=O)OI(O)c2ccc(-c3ccc(I(O)OS(=O)(=O)c4ccc(C)cc4)cc3)cc2)cc1. The first-order valence-electron chi connectivity index (χ1n) is 11.0. The van der Waals surface area contributed by atoms with Gasteiger partial charge >= 0.3 is 240 Å². The maximum absolute atomic E-state index is 12.5. The van der Waals surface area contributed by atoms with Crippen LogP contribution < -0.4 is 0 Å². The van der Waals surface area contributed by atoms with Crippen molar-refractivity contribution in [3.05, 3.63) is 115 Å². The summed E-state index contributed by atoms with van der Waals surface area (Å²) in [7, 11) is -8.17. The minimum absolute atomic E-state index is 0.0157. The predicted molar refractivity (Wildman–Crippen MR) is 161 cm³/mol. The molecule has 0 aliphatic heterocycles. The second-order valence-electron chi connectivity index (χ2n) is 8.14. The molecule has 0 fully saturated rings. The average molecular weight is 782 g/mol. The van der Waals surface area contributed by atoms with E-state index in [9.17, 15) is 23.7 Å². The summed E-state index contributed by atoms with van der Waals surface area (Å²) in [4.78, 5) is -0.0315. The van der Waals surface area contributed by atoms with Crippen LogP contribution in [0.15, 0.2) is 107 Å². The van der Waals surface area contributed by atoms with Gasteiger partial charge in [0.05, 0.1) is 0 Å². The molecule has 202 valence electrons. The fourth-order valence-corrected chi connectivity index (χ4v) is 11.9. The molecule has 0 atom stereocenters. The third-order valence-corrected chi connectivity index (χ3v) is 16.0. The Hall–Kier alpha value is -1.92. The molecule has 2 N–H and O–H groups in total. The summed E-state index contributed by atoms with van der Waals surface area (Å²) in [6.45, 7) is 3.68. The van der Waals surface area contributed by atoms with E-state index in [0.717, 1.165) is 22.3 Å². The Morgan fingerprint density at radius 1 is 0.500 bits per heavy atom. The van der Waals surface area contributed by atoms with Crippen LogP contribution in [0.4, 0.5) is 0 Å².